The molecule has 1 aromatic carbocycles. The van der Waals surface area contributed by atoms with E-state index in [0.29, 0.717) is 16.0 Å². The number of hydrogen-bond donors (Lipinski definition) is 1. The number of halogens is 1. The van der Waals surface area contributed by atoms with Gasteiger partial charge in [-0.25, -0.2) is 4.39 Å². The van der Waals surface area contributed by atoms with Crippen molar-refractivity contribution >= 4 is 17.7 Å². The molecule has 0 saturated carbocycles. The van der Waals surface area contributed by atoms with Crippen LogP contribution in [0.1, 0.15) is 25.0 Å². The summed E-state index contributed by atoms with van der Waals surface area (Å²) in [5.41, 5.74) is 0.866. The first-order valence-corrected chi connectivity index (χ1v) is 7.35. The lowest BCUT2D eigenvalue weighted by atomic mass is 10.2. The van der Waals surface area contributed by atoms with E-state index < -0.39 is 10.7 Å². The second kappa shape index (κ2) is 6.63. The molecule has 0 amide bonds. The maximum absolute atomic E-state index is 13.6. The van der Waals surface area contributed by atoms with Crippen LogP contribution in [0.25, 0.3) is 0 Å². The first kappa shape index (κ1) is 16.1. The number of benzene rings is 1. The maximum atomic E-state index is 13.6. The summed E-state index contributed by atoms with van der Waals surface area (Å²) in [6, 6.07) is 7.95. The van der Waals surface area contributed by atoms with Crippen molar-refractivity contribution in [2.75, 3.05) is 0 Å². The van der Waals surface area contributed by atoms with E-state index in [0.717, 1.165) is 0 Å². The minimum Gasteiger partial charge on any atom is -0.480 e. The van der Waals surface area contributed by atoms with E-state index in [-0.39, 0.29) is 5.82 Å². The third kappa shape index (κ3) is 3.86. The van der Waals surface area contributed by atoms with Crippen LogP contribution in [0.15, 0.2) is 47.6 Å². The first-order valence-electron chi connectivity index (χ1n) is 6.53. The summed E-state index contributed by atoms with van der Waals surface area (Å²) >= 11 is 1.18. The highest BCUT2D eigenvalue weighted by atomic mass is 32.2. The number of aromatic nitrogens is 1. The summed E-state index contributed by atoms with van der Waals surface area (Å²) < 4.78 is 12.6. The van der Waals surface area contributed by atoms with Crippen molar-refractivity contribution in [3.8, 4) is 11.8 Å². The van der Waals surface area contributed by atoms with Gasteiger partial charge in [-0.3, -0.25) is 9.78 Å². The fraction of sp³-hybridized carbons (Fsp3) is 0.176. The van der Waals surface area contributed by atoms with Crippen molar-refractivity contribution < 1.29 is 14.3 Å². The van der Waals surface area contributed by atoms with Gasteiger partial charge in [0.15, 0.2) is 0 Å². The van der Waals surface area contributed by atoms with E-state index in [1.54, 1.807) is 50.5 Å². The van der Waals surface area contributed by atoms with Crippen LogP contribution in [0.3, 0.4) is 0 Å². The lowest BCUT2D eigenvalue weighted by Gasteiger charge is -2.18. The molecule has 0 aliphatic heterocycles. The Labute approximate surface area is 132 Å². The molecule has 2 aromatic rings. The van der Waals surface area contributed by atoms with Crippen molar-refractivity contribution in [3.05, 3.63) is 59.7 Å². The Morgan fingerprint density at radius 1 is 1.23 bits per heavy atom. The Balaban J connectivity index is 2.35. The van der Waals surface area contributed by atoms with E-state index in [1.807, 2.05) is 0 Å². The summed E-state index contributed by atoms with van der Waals surface area (Å²) in [6.07, 6.45) is 3.13. The number of pyridine rings is 1. The van der Waals surface area contributed by atoms with Crippen molar-refractivity contribution in [1.82, 2.24) is 4.98 Å². The van der Waals surface area contributed by atoms with Crippen LogP contribution in [-0.2, 0) is 4.79 Å². The van der Waals surface area contributed by atoms with Gasteiger partial charge in [0, 0.05) is 17.3 Å². The molecular weight excluding hydrogens is 301 g/mol. The Morgan fingerprint density at radius 3 is 2.59 bits per heavy atom. The Bertz CT molecular complexity index is 762. The van der Waals surface area contributed by atoms with Crippen LogP contribution in [0.2, 0.25) is 0 Å². The maximum Gasteiger partial charge on any atom is 0.319 e. The number of carboxylic acids is 1. The highest BCUT2D eigenvalue weighted by molar-refractivity contribution is 8.01. The number of nitrogens with zero attached hydrogens (tertiary/aromatic N) is 1. The normalized spacial score (nSPS) is 10.7. The molecule has 112 valence electrons. The van der Waals surface area contributed by atoms with Gasteiger partial charge in [0.05, 0.1) is 11.1 Å². The van der Waals surface area contributed by atoms with Crippen molar-refractivity contribution in [3.63, 3.8) is 0 Å². The minimum atomic E-state index is -0.990. The quantitative estimate of drug-likeness (QED) is 0.695. The third-order valence-corrected chi connectivity index (χ3v) is 4.13. The molecule has 0 aliphatic rings. The Kier molecular flexibility index (Phi) is 4.84. The second-order valence-electron chi connectivity index (χ2n) is 5.02. The van der Waals surface area contributed by atoms with Crippen molar-refractivity contribution in [1.29, 1.82) is 0 Å². The molecule has 0 bridgehead atoms. The molecule has 0 unspecified atom stereocenters. The Hall–Kier alpha value is -2.32. The minimum absolute atomic E-state index is 0.291. The zero-order valence-electron chi connectivity index (χ0n) is 12.1. The van der Waals surface area contributed by atoms with Gasteiger partial charge in [-0.1, -0.05) is 24.0 Å². The zero-order chi connectivity index (χ0) is 16.2. The van der Waals surface area contributed by atoms with Gasteiger partial charge >= 0.3 is 5.97 Å². The first-order chi connectivity index (χ1) is 10.4. The molecule has 3 nitrogen and oxygen atoms in total. The highest BCUT2D eigenvalue weighted by Crippen LogP contribution is 2.34. The van der Waals surface area contributed by atoms with Gasteiger partial charge in [-0.05, 0) is 32.0 Å². The average molecular weight is 315 g/mol. The van der Waals surface area contributed by atoms with Crippen LogP contribution in [-0.4, -0.2) is 20.8 Å². The fourth-order valence-corrected chi connectivity index (χ4v) is 2.56. The lowest BCUT2D eigenvalue weighted by Crippen LogP contribution is -2.27. The van der Waals surface area contributed by atoms with Crippen LogP contribution in [0, 0.1) is 17.7 Å². The van der Waals surface area contributed by atoms with E-state index in [9.17, 15) is 14.3 Å². The summed E-state index contributed by atoms with van der Waals surface area (Å²) in [4.78, 5) is 15.9. The van der Waals surface area contributed by atoms with Gasteiger partial charge in [-0.2, -0.15) is 0 Å². The van der Waals surface area contributed by atoms with Crippen LogP contribution in [0.4, 0.5) is 4.39 Å². The second-order valence-corrected chi connectivity index (χ2v) is 6.68. The van der Waals surface area contributed by atoms with Crippen molar-refractivity contribution in [2.24, 2.45) is 0 Å². The zero-order valence-corrected chi connectivity index (χ0v) is 12.9. The molecule has 0 spiro atoms. The van der Waals surface area contributed by atoms with Gasteiger partial charge < -0.3 is 5.11 Å². The Morgan fingerprint density at radius 2 is 1.91 bits per heavy atom. The van der Waals surface area contributed by atoms with E-state index in [2.05, 4.69) is 16.8 Å². The van der Waals surface area contributed by atoms with Crippen LogP contribution < -0.4 is 0 Å². The SMILES string of the molecule is CC(C)(Sc1ccncc1C#Cc1ccccc1F)C(=O)O. The predicted octanol–water partition coefficient (Wildman–Crippen LogP) is 3.58. The summed E-state index contributed by atoms with van der Waals surface area (Å²) in [5, 5.41) is 9.22. The highest BCUT2D eigenvalue weighted by Gasteiger charge is 2.29. The number of thioether (sulfide) groups is 1. The van der Waals surface area contributed by atoms with Crippen LogP contribution in [0.5, 0.6) is 0 Å². The molecule has 0 radical (unpaired) electrons. The van der Waals surface area contributed by atoms with E-state index in [1.165, 1.54) is 17.8 Å². The predicted molar refractivity (Wildman–Crippen MR) is 84.2 cm³/mol. The summed E-state index contributed by atoms with van der Waals surface area (Å²) in [5.74, 6) is 4.32. The number of carboxylic acid groups (broad SMARTS) is 1. The molecule has 1 heterocycles. The number of hydrogen-bond acceptors (Lipinski definition) is 3. The van der Waals surface area contributed by atoms with Gasteiger partial charge in [0.1, 0.15) is 10.6 Å². The molecule has 5 heteroatoms. The molecular formula is C17H14FNO2S. The molecule has 2 rings (SSSR count). The lowest BCUT2D eigenvalue weighted by molar-refractivity contribution is -0.138. The largest absolute Gasteiger partial charge is 0.480 e. The number of carbonyl (C=O) groups is 1. The molecule has 0 atom stereocenters. The van der Waals surface area contributed by atoms with Crippen LogP contribution >= 0.6 is 11.8 Å². The average Bonchev–Trinajstić information content (AvgIpc) is 2.47. The smallest absolute Gasteiger partial charge is 0.319 e. The summed E-state index contributed by atoms with van der Waals surface area (Å²) in [6.45, 7) is 3.24. The molecule has 0 aliphatic carbocycles. The molecule has 0 fully saturated rings. The molecule has 1 N–H and O–H groups in total. The fourth-order valence-electron chi connectivity index (χ4n) is 1.58. The standard InChI is InChI=1S/C17H14FNO2S/c1-17(2,16(20)21)22-15-9-10-19-11-13(15)8-7-12-5-3-4-6-14(12)18/h3-6,9-11H,1-2H3,(H,20,21). The topological polar surface area (TPSA) is 50.2 Å². The van der Waals surface area contributed by atoms with Gasteiger partial charge in [0.25, 0.3) is 0 Å². The molecule has 0 saturated heterocycles. The molecule has 22 heavy (non-hydrogen) atoms. The third-order valence-electron chi connectivity index (χ3n) is 2.87. The number of aliphatic carboxylic acids is 1. The monoisotopic (exact) mass is 315 g/mol. The number of rotatable bonds is 3. The van der Waals surface area contributed by atoms with Gasteiger partial charge in [-0.15, -0.1) is 11.8 Å². The van der Waals surface area contributed by atoms with E-state index >= 15 is 0 Å². The van der Waals surface area contributed by atoms with Crippen molar-refractivity contribution in [2.45, 2.75) is 23.5 Å². The van der Waals surface area contributed by atoms with E-state index in [4.69, 9.17) is 0 Å². The summed E-state index contributed by atoms with van der Waals surface area (Å²) in [7, 11) is 0. The van der Waals surface area contributed by atoms with Gasteiger partial charge in [0.2, 0.25) is 0 Å². The molecule has 1 aromatic heterocycles.